The van der Waals surface area contributed by atoms with Gasteiger partial charge in [0.2, 0.25) is 0 Å². The summed E-state index contributed by atoms with van der Waals surface area (Å²) in [4.78, 5) is 6.58. The highest BCUT2D eigenvalue weighted by molar-refractivity contribution is 5.80. The van der Waals surface area contributed by atoms with Gasteiger partial charge in [0, 0.05) is 31.3 Å². The van der Waals surface area contributed by atoms with Gasteiger partial charge in [-0.15, -0.1) is 0 Å². The molecular formula is C20H33FN4O2. The van der Waals surface area contributed by atoms with Crippen molar-refractivity contribution in [3.63, 3.8) is 0 Å². The molecule has 7 heteroatoms. The van der Waals surface area contributed by atoms with Crippen LogP contribution >= 0.6 is 0 Å². The van der Waals surface area contributed by atoms with Gasteiger partial charge in [0.05, 0.1) is 25.9 Å². The maximum Gasteiger partial charge on any atom is 0.191 e. The maximum absolute atomic E-state index is 13.9. The molecule has 1 fully saturated rings. The second-order valence-electron chi connectivity index (χ2n) is 7.22. The minimum absolute atomic E-state index is 0.126. The molecule has 1 aromatic carbocycles. The summed E-state index contributed by atoms with van der Waals surface area (Å²) in [5.41, 5.74) is 1.67. The molecule has 0 bridgehead atoms. The molecular weight excluding hydrogens is 347 g/mol. The Morgan fingerprint density at radius 3 is 2.93 bits per heavy atom. The Morgan fingerprint density at radius 1 is 1.44 bits per heavy atom. The Labute approximate surface area is 162 Å². The van der Waals surface area contributed by atoms with Crippen molar-refractivity contribution >= 4 is 5.96 Å². The molecule has 1 aromatic rings. The zero-order valence-corrected chi connectivity index (χ0v) is 16.9. The first-order chi connectivity index (χ1) is 13.0. The topological polar surface area (TPSA) is 58.1 Å². The predicted molar refractivity (Wildman–Crippen MR) is 106 cm³/mol. The van der Waals surface area contributed by atoms with E-state index in [0.717, 1.165) is 31.1 Å². The molecule has 2 N–H and O–H groups in total. The summed E-state index contributed by atoms with van der Waals surface area (Å²) in [6.07, 6.45) is 1.16. The van der Waals surface area contributed by atoms with Crippen LogP contribution in [-0.2, 0) is 22.6 Å². The zero-order valence-electron chi connectivity index (χ0n) is 16.9. The highest BCUT2D eigenvalue weighted by Gasteiger charge is 2.17. The first-order valence-electron chi connectivity index (χ1n) is 9.64. The average Bonchev–Trinajstić information content (AvgIpc) is 3.14. The second-order valence-corrected chi connectivity index (χ2v) is 7.22. The lowest BCUT2D eigenvalue weighted by molar-refractivity contribution is 0.0347. The molecule has 0 radical (unpaired) electrons. The summed E-state index contributed by atoms with van der Waals surface area (Å²) in [6.45, 7) is 7.98. The van der Waals surface area contributed by atoms with Crippen LogP contribution < -0.4 is 10.6 Å². The third-order valence-electron chi connectivity index (χ3n) is 4.21. The number of benzene rings is 1. The smallest absolute Gasteiger partial charge is 0.191 e. The number of nitrogens with zero attached hydrogens (tertiary/aromatic N) is 2. The molecule has 0 aliphatic carbocycles. The van der Waals surface area contributed by atoms with E-state index >= 15 is 0 Å². The van der Waals surface area contributed by atoms with Gasteiger partial charge in [-0.25, -0.2) is 9.38 Å². The van der Waals surface area contributed by atoms with E-state index in [1.165, 1.54) is 6.07 Å². The minimum Gasteiger partial charge on any atom is -0.379 e. The zero-order chi connectivity index (χ0) is 19.6. The number of rotatable bonds is 9. The molecule has 2 rings (SSSR count). The van der Waals surface area contributed by atoms with Crippen LogP contribution in [0.2, 0.25) is 0 Å². The highest BCUT2D eigenvalue weighted by Crippen LogP contribution is 2.13. The Bertz CT molecular complexity index is 604. The number of nitrogens with one attached hydrogen (secondary N) is 2. The lowest BCUT2D eigenvalue weighted by Gasteiger charge is -2.19. The van der Waals surface area contributed by atoms with Crippen LogP contribution in [0.3, 0.4) is 0 Å². The van der Waals surface area contributed by atoms with E-state index in [9.17, 15) is 4.39 Å². The number of ether oxygens (including phenoxy) is 2. The van der Waals surface area contributed by atoms with Gasteiger partial charge in [-0.1, -0.05) is 6.07 Å². The molecule has 0 spiro atoms. The van der Waals surface area contributed by atoms with Gasteiger partial charge < -0.3 is 25.0 Å². The van der Waals surface area contributed by atoms with E-state index in [1.807, 2.05) is 32.0 Å². The van der Waals surface area contributed by atoms with Crippen molar-refractivity contribution in [3.05, 3.63) is 35.1 Å². The summed E-state index contributed by atoms with van der Waals surface area (Å²) in [7, 11) is 3.86. The molecule has 152 valence electrons. The third-order valence-corrected chi connectivity index (χ3v) is 4.21. The largest absolute Gasteiger partial charge is 0.379 e. The standard InChI is InChI=1S/C20H33FN4O2/c1-5-22-20(24-15(2)13-27-18-8-9-26-14-18)23-11-16-6-7-19(21)17(10-16)12-25(3)4/h6-7,10,15,18H,5,8-9,11-14H2,1-4H3,(H2,22,23,24). The third kappa shape index (κ3) is 7.82. The van der Waals surface area contributed by atoms with Gasteiger partial charge in [0.1, 0.15) is 5.82 Å². The van der Waals surface area contributed by atoms with Gasteiger partial charge in [-0.2, -0.15) is 0 Å². The van der Waals surface area contributed by atoms with Gasteiger partial charge in [0.25, 0.3) is 0 Å². The number of halogens is 1. The molecule has 0 saturated carbocycles. The first-order valence-corrected chi connectivity index (χ1v) is 9.64. The van der Waals surface area contributed by atoms with E-state index in [-0.39, 0.29) is 18.0 Å². The Balaban J connectivity index is 1.91. The lowest BCUT2D eigenvalue weighted by atomic mass is 10.1. The van der Waals surface area contributed by atoms with Crippen molar-refractivity contribution in [2.75, 3.05) is 40.5 Å². The fourth-order valence-corrected chi connectivity index (χ4v) is 2.88. The van der Waals surface area contributed by atoms with E-state index < -0.39 is 0 Å². The van der Waals surface area contributed by atoms with Crippen molar-refractivity contribution in [3.8, 4) is 0 Å². The van der Waals surface area contributed by atoms with E-state index in [0.29, 0.717) is 31.9 Å². The molecule has 1 heterocycles. The number of hydrogen-bond donors (Lipinski definition) is 2. The summed E-state index contributed by atoms with van der Waals surface area (Å²) < 4.78 is 25.1. The van der Waals surface area contributed by atoms with Gasteiger partial charge in [0.15, 0.2) is 5.96 Å². The number of aliphatic imine (C=N–C) groups is 1. The second kappa shape index (κ2) is 11.2. The van der Waals surface area contributed by atoms with Crippen molar-refractivity contribution in [1.82, 2.24) is 15.5 Å². The minimum atomic E-state index is -0.178. The Kier molecular flexibility index (Phi) is 8.97. The van der Waals surface area contributed by atoms with Crippen molar-refractivity contribution in [2.24, 2.45) is 4.99 Å². The molecule has 6 nitrogen and oxygen atoms in total. The normalized spacial score (nSPS) is 18.7. The van der Waals surface area contributed by atoms with E-state index in [2.05, 4.69) is 22.5 Å². The number of hydrogen-bond acceptors (Lipinski definition) is 4. The quantitative estimate of drug-likeness (QED) is 0.508. The van der Waals surface area contributed by atoms with Gasteiger partial charge >= 0.3 is 0 Å². The molecule has 1 saturated heterocycles. The monoisotopic (exact) mass is 380 g/mol. The molecule has 1 aliphatic heterocycles. The Morgan fingerprint density at radius 2 is 2.26 bits per heavy atom. The van der Waals surface area contributed by atoms with Gasteiger partial charge in [-0.05, 0) is 52.1 Å². The molecule has 2 unspecified atom stereocenters. The van der Waals surface area contributed by atoms with Crippen LogP contribution in [0.25, 0.3) is 0 Å². The predicted octanol–water partition coefficient (Wildman–Crippen LogP) is 2.14. The SMILES string of the molecule is CCNC(=NCc1ccc(F)c(CN(C)C)c1)NC(C)COC1CCOC1. The van der Waals surface area contributed by atoms with Gasteiger partial charge in [-0.3, -0.25) is 0 Å². The van der Waals surface area contributed by atoms with Crippen LogP contribution in [0.15, 0.2) is 23.2 Å². The van der Waals surface area contributed by atoms with Crippen LogP contribution in [0, 0.1) is 5.82 Å². The highest BCUT2D eigenvalue weighted by atomic mass is 19.1. The van der Waals surface area contributed by atoms with Crippen LogP contribution in [-0.4, -0.2) is 63.5 Å². The van der Waals surface area contributed by atoms with Crippen molar-refractivity contribution in [2.45, 2.75) is 45.5 Å². The van der Waals surface area contributed by atoms with Crippen LogP contribution in [0.1, 0.15) is 31.4 Å². The van der Waals surface area contributed by atoms with Crippen molar-refractivity contribution < 1.29 is 13.9 Å². The Hall–Kier alpha value is -1.70. The molecule has 27 heavy (non-hydrogen) atoms. The molecule has 0 amide bonds. The van der Waals surface area contributed by atoms with E-state index in [1.54, 1.807) is 6.07 Å². The molecule has 0 aromatic heterocycles. The maximum atomic E-state index is 13.9. The summed E-state index contributed by atoms with van der Waals surface area (Å²) in [5, 5.41) is 6.61. The molecule has 1 aliphatic rings. The van der Waals surface area contributed by atoms with E-state index in [4.69, 9.17) is 9.47 Å². The van der Waals surface area contributed by atoms with Crippen molar-refractivity contribution in [1.29, 1.82) is 0 Å². The summed E-state index contributed by atoms with van der Waals surface area (Å²) >= 11 is 0. The van der Waals surface area contributed by atoms with Crippen LogP contribution in [0.4, 0.5) is 4.39 Å². The molecule has 2 atom stereocenters. The average molecular weight is 381 g/mol. The summed E-state index contributed by atoms with van der Waals surface area (Å²) in [6, 6.07) is 5.31. The number of guanidine groups is 1. The fraction of sp³-hybridized carbons (Fsp3) is 0.650. The summed E-state index contributed by atoms with van der Waals surface area (Å²) in [5.74, 6) is 0.554. The van der Waals surface area contributed by atoms with Crippen LogP contribution in [0.5, 0.6) is 0 Å². The fourth-order valence-electron chi connectivity index (χ4n) is 2.88. The first kappa shape index (κ1) is 21.6. The lowest BCUT2D eigenvalue weighted by Crippen LogP contribution is -2.44.